The fourth-order valence-corrected chi connectivity index (χ4v) is 2.00. The van der Waals surface area contributed by atoms with E-state index in [1.54, 1.807) is 6.20 Å². The number of halogens is 4. The molecule has 0 fully saturated rings. The molecule has 0 spiro atoms. The van der Waals surface area contributed by atoms with Crippen molar-refractivity contribution in [1.29, 1.82) is 0 Å². The fourth-order valence-electron chi connectivity index (χ4n) is 2.00. The monoisotopic (exact) mass is 322 g/mol. The van der Waals surface area contributed by atoms with Gasteiger partial charge < -0.3 is 15.5 Å². The van der Waals surface area contributed by atoms with Gasteiger partial charge in [0.15, 0.2) is 0 Å². The molecule has 4 nitrogen and oxygen atoms in total. The van der Waals surface area contributed by atoms with Crippen molar-refractivity contribution in [3.05, 3.63) is 35.5 Å². The van der Waals surface area contributed by atoms with Crippen LogP contribution >= 0.6 is 12.4 Å². The summed E-state index contributed by atoms with van der Waals surface area (Å²) < 4.78 is 42.3. The predicted molar refractivity (Wildman–Crippen MR) is 74.2 cm³/mol. The van der Waals surface area contributed by atoms with Crippen LogP contribution in [0.3, 0.4) is 0 Å². The van der Waals surface area contributed by atoms with Crippen LogP contribution in [0.15, 0.2) is 24.4 Å². The van der Waals surface area contributed by atoms with Crippen molar-refractivity contribution in [2.24, 2.45) is 5.73 Å². The zero-order valence-electron chi connectivity index (χ0n) is 11.0. The van der Waals surface area contributed by atoms with Crippen molar-refractivity contribution in [2.75, 3.05) is 7.11 Å². The molecule has 0 saturated heterocycles. The Morgan fingerprint density at radius 1 is 1.43 bits per heavy atom. The number of nitrogens with one attached hydrogen (secondary N) is 1. The maximum absolute atomic E-state index is 12.6. The van der Waals surface area contributed by atoms with Crippen molar-refractivity contribution in [2.45, 2.75) is 18.6 Å². The van der Waals surface area contributed by atoms with Gasteiger partial charge in [0, 0.05) is 23.5 Å². The lowest BCUT2D eigenvalue weighted by Crippen LogP contribution is -2.33. The fraction of sp³-hybridized carbons (Fsp3) is 0.308. The van der Waals surface area contributed by atoms with Gasteiger partial charge >= 0.3 is 12.1 Å². The first-order valence-corrected chi connectivity index (χ1v) is 5.83. The van der Waals surface area contributed by atoms with Crippen LogP contribution in [0.2, 0.25) is 0 Å². The van der Waals surface area contributed by atoms with Crippen LogP contribution in [0, 0.1) is 0 Å². The number of methoxy groups -OCH3 is 1. The summed E-state index contributed by atoms with van der Waals surface area (Å²) in [7, 11) is 1.23. The summed E-state index contributed by atoms with van der Waals surface area (Å²) in [4.78, 5) is 14.0. The number of aromatic amines is 1. The van der Waals surface area contributed by atoms with E-state index >= 15 is 0 Å². The van der Waals surface area contributed by atoms with E-state index < -0.39 is 23.8 Å². The van der Waals surface area contributed by atoms with Crippen LogP contribution < -0.4 is 5.73 Å². The standard InChI is InChI=1S/C13H13F3N2O2.ClH/c1-20-12(19)10(17)4-7-6-18-11-5-8(13(14,15)16)2-3-9(7)11;/h2-3,5-6,10,18H,4,17H2,1H3;1H/t10-;/m0./s1. The van der Waals surface area contributed by atoms with Crippen molar-refractivity contribution in [3.8, 4) is 0 Å². The Morgan fingerprint density at radius 2 is 2.10 bits per heavy atom. The van der Waals surface area contributed by atoms with Gasteiger partial charge in [0.2, 0.25) is 0 Å². The molecule has 0 aliphatic carbocycles. The number of hydrogen-bond donors (Lipinski definition) is 2. The van der Waals surface area contributed by atoms with Crippen molar-refractivity contribution in [1.82, 2.24) is 4.98 Å². The number of aromatic nitrogens is 1. The van der Waals surface area contributed by atoms with Gasteiger partial charge in [-0.15, -0.1) is 12.4 Å². The molecule has 1 aromatic heterocycles. The van der Waals surface area contributed by atoms with Gasteiger partial charge in [-0.3, -0.25) is 4.79 Å². The number of carbonyl (C=O) groups is 1. The quantitative estimate of drug-likeness (QED) is 0.854. The Labute approximate surface area is 124 Å². The Bertz CT molecular complexity index is 640. The van der Waals surface area contributed by atoms with Gasteiger partial charge in [-0.25, -0.2) is 0 Å². The Morgan fingerprint density at radius 3 is 2.67 bits per heavy atom. The highest BCUT2D eigenvalue weighted by Gasteiger charge is 2.30. The van der Waals surface area contributed by atoms with E-state index in [4.69, 9.17) is 5.73 Å². The average Bonchev–Trinajstić information content (AvgIpc) is 2.79. The van der Waals surface area contributed by atoms with Crippen molar-refractivity contribution in [3.63, 3.8) is 0 Å². The first-order valence-electron chi connectivity index (χ1n) is 5.83. The molecule has 0 saturated carbocycles. The van der Waals surface area contributed by atoms with Gasteiger partial charge in [0.1, 0.15) is 6.04 Å². The summed E-state index contributed by atoms with van der Waals surface area (Å²) in [5.41, 5.74) is 5.94. The summed E-state index contributed by atoms with van der Waals surface area (Å²) in [5.74, 6) is -0.564. The number of H-pyrrole nitrogens is 1. The van der Waals surface area contributed by atoms with E-state index in [0.717, 1.165) is 12.1 Å². The highest BCUT2D eigenvalue weighted by molar-refractivity contribution is 5.85. The number of rotatable bonds is 3. The van der Waals surface area contributed by atoms with Gasteiger partial charge in [-0.1, -0.05) is 6.07 Å². The number of carbonyl (C=O) groups excluding carboxylic acids is 1. The number of fused-ring (bicyclic) bond motifs is 1. The number of nitrogens with two attached hydrogens (primary N) is 1. The highest BCUT2D eigenvalue weighted by atomic mass is 35.5. The average molecular weight is 323 g/mol. The molecule has 1 atom stereocenters. The minimum absolute atomic E-state index is 0. The number of esters is 1. The topological polar surface area (TPSA) is 68.1 Å². The second-order valence-electron chi connectivity index (χ2n) is 4.41. The summed E-state index contributed by atoms with van der Waals surface area (Å²) in [6.07, 6.45) is -2.65. The zero-order chi connectivity index (χ0) is 14.9. The number of alkyl halides is 3. The molecule has 8 heteroatoms. The summed E-state index contributed by atoms with van der Waals surface area (Å²) >= 11 is 0. The van der Waals surface area contributed by atoms with E-state index in [2.05, 4.69) is 9.72 Å². The molecule has 21 heavy (non-hydrogen) atoms. The number of hydrogen-bond acceptors (Lipinski definition) is 3. The van der Waals surface area contributed by atoms with Crippen LogP contribution in [-0.4, -0.2) is 24.1 Å². The molecule has 116 valence electrons. The van der Waals surface area contributed by atoms with E-state index in [-0.39, 0.29) is 18.8 Å². The normalized spacial score (nSPS) is 12.8. The lowest BCUT2D eigenvalue weighted by molar-refractivity contribution is -0.142. The molecule has 0 amide bonds. The second kappa shape index (κ2) is 6.36. The minimum Gasteiger partial charge on any atom is -0.468 e. The van der Waals surface area contributed by atoms with Crippen LogP contribution in [-0.2, 0) is 22.1 Å². The molecule has 0 unspecified atom stereocenters. The van der Waals surface area contributed by atoms with E-state index in [0.29, 0.717) is 16.5 Å². The lowest BCUT2D eigenvalue weighted by Gasteiger charge is -2.09. The third-order valence-electron chi connectivity index (χ3n) is 3.04. The Kier molecular flexibility index (Phi) is 5.25. The SMILES string of the molecule is COC(=O)[C@@H](N)Cc1c[nH]c2cc(C(F)(F)F)ccc12.Cl. The van der Waals surface area contributed by atoms with Crippen LogP contribution in [0.1, 0.15) is 11.1 Å². The maximum atomic E-state index is 12.6. The molecule has 0 aliphatic heterocycles. The lowest BCUT2D eigenvalue weighted by atomic mass is 10.0. The Hall–Kier alpha value is -1.73. The molecule has 2 rings (SSSR count). The van der Waals surface area contributed by atoms with Gasteiger partial charge in [-0.05, 0) is 17.7 Å². The van der Waals surface area contributed by atoms with Crippen LogP contribution in [0.5, 0.6) is 0 Å². The predicted octanol–water partition coefficient (Wildman–Crippen LogP) is 2.65. The van der Waals surface area contributed by atoms with Crippen LogP contribution in [0.25, 0.3) is 10.9 Å². The highest BCUT2D eigenvalue weighted by Crippen LogP contribution is 2.32. The van der Waals surface area contributed by atoms with E-state index in [1.807, 2.05) is 0 Å². The first-order chi connectivity index (χ1) is 9.32. The van der Waals surface area contributed by atoms with Gasteiger partial charge in [-0.2, -0.15) is 13.2 Å². The molecular formula is C13H14ClF3N2O2. The van der Waals surface area contributed by atoms with Gasteiger partial charge in [0.05, 0.1) is 12.7 Å². The van der Waals surface area contributed by atoms with Gasteiger partial charge in [0.25, 0.3) is 0 Å². The molecule has 0 radical (unpaired) electrons. The van der Waals surface area contributed by atoms with Crippen molar-refractivity contribution < 1.29 is 22.7 Å². The molecule has 2 aromatic rings. The number of benzene rings is 1. The smallest absolute Gasteiger partial charge is 0.416 e. The first kappa shape index (κ1) is 17.3. The molecule has 1 heterocycles. The van der Waals surface area contributed by atoms with Crippen LogP contribution in [0.4, 0.5) is 13.2 Å². The minimum atomic E-state index is -4.39. The molecule has 0 bridgehead atoms. The van der Waals surface area contributed by atoms with Crippen molar-refractivity contribution >= 4 is 29.3 Å². The summed E-state index contributed by atoms with van der Waals surface area (Å²) in [6.45, 7) is 0. The third-order valence-corrected chi connectivity index (χ3v) is 3.04. The zero-order valence-corrected chi connectivity index (χ0v) is 11.8. The second-order valence-corrected chi connectivity index (χ2v) is 4.41. The largest absolute Gasteiger partial charge is 0.468 e. The maximum Gasteiger partial charge on any atom is 0.416 e. The summed E-state index contributed by atoms with van der Waals surface area (Å²) in [5, 5.41) is 0.609. The molecule has 3 N–H and O–H groups in total. The summed E-state index contributed by atoms with van der Waals surface area (Å²) in [6, 6.07) is 2.56. The third kappa shape index (κ3) is 3.68. The van der Waals surface area contributed by atoms with E-state index in [1.165, 1.54) is 13.2 Å². The Balaban J connectivity index is 0.00000220. The molecule has 1 aromatic carbocycles. The molecule has 0 aliphatic rings. The molecular weight excluding hydrogens is 309 g/mol. The van der Waals surface area contributed by atoms with E-state index in [9.17, 15) is 18.0 Å². The number of ether oxygens (including phenoxy) is 1.